The lowest BCUT2D eigenvalue weighted by molar-refractivity contribution is 0.198. The van der Waals surface area contributed by atoms with E-state index < -0.39 is 15.0 Å². The van der Waals surface area contributed by atoms with Crippen molar-refractivity contribution in [1.29, 1.82) is 0 Å². The van der Waals surface area contributed by atoms with Crippen LogP contribution in [0, 0.1) is 7.14 Å². The van der Waals surface area contributed by atoms with Crippen molar-refractivity contribution in [2.75, 3.05) is 13.2 Å². The van der Waals surface area contributed by atoms with Crippen molar-refractivity contribution >= 4 is 127 Å². The van der Waals surface area contributed by atoms with Crippen LogP contribution >= 0.6 is 83.4 Å². The maximum Gasteiger partial charge on any atom is 0.155 e. The quantitative estimate of drug-likeness (QED) is 0.0379. The highest BCUT2D eigenvalue weighted by Crippen LogP contribution is 2.51. The van der Waals surface area contributed by atoms with Crippen LogP contribution < -0.4 is 31.8 Å². The Hall–Kier alpha value is -4.41. The zero-order valence-electron chi connectivity index (χ0n) is 34.0. The highest BCUT2D eigenvalue weighted by atomic mass is 127. The summed E-state index contributed by atoms with van der Waals surface area (Å²) in [6, 6.07) is 67.5. The highest BCUT2D eigenvalue weighted by Gasteiger charge is 2.28. The number of nitrogens with zero attached hydrogens (tertiary/aromatic N) is 6. The largest absolute Gasteiger partial charge is 0.381 e. The molecule has 0 amide bonds. The van der Waals surface area contributed by atoms with Crippen molar-refractivity contribution in [2.45, 2.75) is 12.8 Å². The third kappa shape index (κ3) is 13.6. The number of hydrogen-bond acceptors (Lipinski definition) is 5. The summed E-state index contributed by atoms with van der Waals surface area (Å²) in [5.41, 5.74) is 9.27. The number of rotatable bonds is 8. The molecule has 1 aliphatic rings. The predicted molar refractivity (Wildman–Crippen MR) is 285 cm³/mol. The first-order valence-electron chi connectivity index (χ1n) is 19.9. The Morgan fingerprint density at radius 1 is 0.508 bits per heavy atom. The van der Waals surface area contributed by atoms with Crippen molar-refractivity contribution in [3.8, 4) is 0 Å². The summed E-state index contributed by atoms with van der Waals surface area (Å²) in [6.45, 7) is 2.00. The van der Waals surface area contributed by atoms with Gasteiger partial charge < -0.3 is 4.74 Å². The fourth-order valence-corrected chi connectivity index (χ4v) is 14.3. The molecular weight excluding hydrogens is 1090 g/mol. The normalized spacial score (nSPS) is 11.6. The van der Waals surface area contributed by atoms with Crippen LogP contribution in [0.5, 0.6) is 0 Å². The van der Waals surface area contributed by atoms with Gasteiger partial charge >= 0.3 is 0 Å². The molecule has 0 atom stereocenters. The Kier molecular flexibility index (Phi) is 19.7. The molecule has 0 aliphatic carbocycles. The van der Waals surface area contributed by atoms with Gasteiger partial charge in [0.1, 0.15) is 10.8 Å². The molecule has 0 N–H and O–H groups in total. The molecule has 7 nitrogen and oxygen atoms in total. The SMILES string of the molecule is C1CCOC1.Clc1nccc(I)c1N=P(c1ccccc1)(c1ccccc1)c1ccccc1.[N-]=[N+]=Nc1c(I)ccnc1Cl.c1ccc(P(c2ccccc2)c2ccccc2)cc1. The standard InChI is InChI=1S/C23H17ClIN2P.C18H15P.C5H2ClIN4.C4H8O/c24-23-22(21(25)16-17-26-23)27-28(18-10-4-1-5-11-18,19-12-6-2-7-13-19)20-14-8-3-9-15-20;1-4-10-16(11-5-1)19(17-12-6-2-7-13-17)18-14-8-3-9-15-18;6-5-4(10-11-8)3(7)1-2-9-5;1-2-4-5-3-1/h1-17H;1-15H;1-2H;1-4H2. The van der Waals surface area contributed by atoms with E-state index in [0.29, 0.717) is 10.8 Å². The van der Waals surface area contributed by atoms with Crippen LogP contribution in [0.1, 0.15) is 12.8 Å². The zero-order valence-corrected chi connectivity index (χ0v) is 41.6. The lowest BCUT2D eigenvalue weighted by Crippen LogP contribution is -2.25. The number of aromatic nitrogens is 2. The van der Waals surface area contributed by atoms with Gasteiger partial charge in [-0.25, -0.2) is 14.7 Å². The molecular formula is C50H42Cl2I2N6OP2. The van der Waals surface area contributed by atoms with Gasteiger partial charge in [-0.15, -0.1) is 0 Å². The van der Waals surface area contributed by atoms with Crippen LogP contribution in [-0.4, -0.2) is 23.2 Å². The minimum Gasteiger partial charge on any atom is -0.381 e. The number of hydrogen-bond donors (Lipinski definition) is 0. The maximum absolute atomic E-state index is 8.14. The number of pyridine rings is 2. The van der Waals surface area contributed by atoms with Gasteiger partial charge in [-0.1, -0.05) is 210 Å². The van der Waals surface area contributed by atoms with E-state index in [0.717, 1.165) is 26.0 Å². The van der Waals surface area contributed by atoms with Crippen molar-refractivity contribution in [3.63, 3.8) is 0 Å². The molecule has 1 saturated heterocycles. The molecule has 6 aromatic carbocycles. The average Bonchev–Trinajstić information content (AvgIpc) is 3.94. The predicted octanol–water partition coefficient (Wildman–Crippen LogP) is 13.7. The Morgan fingerprint density at radius 3 is 1.14 bits per heavy atom. The van der Waals surface area contributed by atoms with E-state index in [-0.39, 0.29) is 5.15 Å². The third-order valence-electron chi connectivity index (χ3n) is 9.32. The van der Waals surface area contributed by atoms with Crippen molar-refractivity contribution < 1.29 is 4.74 Å². The van der Waals surface area contributed by atoms with Gasteiger partial charge in [-0.05, 0) is 99.5 Å². The Balaban J connectivity index is 0.000000161. The first-order valence-corrected chi connectivity index (χ1v) is 25.9. The molecule has 13 heteroatoms. The van der Waals surface area contributed by atoms with Gasteiger partial charge in [0.2, 0.25) is 0 Å². The molecule has 0 unspecified atom stereocenters. The molecule has 0 spiro atoms. The van der Waals surface area contributed by atoms with Crippen molar-refractivity contribution in [2.24, 2.45) is 9.86 Å². The lowest BCUT2D eigenvalue weighted by atomic mass is 10.4. The summed E-state index contributed by atoms with van der Waals surface area (Å²) >= 11 is 16.4. The van der Waals surface area contributed by atoms with Crippen molar-refractivity contribution in [3.05, 3.63) is 234 Å². The van der Waals surface area contributed by atoms with E-state index in [4.69, 9.17) is 38.2 Å². The highest BCUT2D eigenvalue weighted by molar-refractivity contribution is 14.1. The first kappa shape index (κ1) is 48.1. The van der Waals surface area contributed by atoms with E-state index in [9.17, 15) is 0 Å². The van der Waals surface area contributed by atoms with E-state index in [1.54, 1.807) is 18.5 Å². The molecule has 0 radical (unpaired) electrons. The summed E-state index contributed by atoms with van der Waals surface area (Å²) in [6.07, 6.45) is 5.83. The van der Waals surface area contributed by atoms with Gasteiger partial charge in [0.05, 0.1) is 12.7 Å². The number of ether oxygens (including phenoxy) is 1. The number of benzene rings is 6. The van der Waals surface area contributed by atoms with Crippen LogP contribution in [0.25, 0.3) is 10.4 Å². The summed E-state index contributed by atoms with van der Waals surface area (Å²) in [5.74, 6) is 0. The van der Waals surface area contributed by atoms with Crippen LogP contribution in [0.2, 0.25) is 10.3 Å². The van der Waals surface area contributed by atoms with Gasteiger partial charge in [-0.2, -0.15) is 0 Å². The maximum atomic E-state index is 8.14. The number of halogens is 4. The molecule has 2 aromatic heterocycles. The average molecular weight is 1130 g/mol. The monoisotopic (exact) mass is 1130 g/mol. The Bertz CT molecular complexity index is 2470. The lowest BCUT2D eigenvalue weighted by Gasteiger charge is -2.27. The molecule has 63 heavy (non-hydrogen) atoms. The van der Waals surface area contributed by atoms with Gasteiger partial charge in [-0.3, -0.25) is 0 Å². The van der Waals surface area contributed by atoms with Crippen LogP contribution in [-0.2, 0) is 4.74 Å². The second-order valence-corrected chi connectivity index (χ2v) is 21.7. The summed E-state index contributed by atoms with van der Waals surface area (Å²) in [7, 11) is -2.78. The van der Waals surface area contributed by atoms with Gasteiger partial charge in [0.25, 0.3) is 0 Å². The van der Waals surface area contributed by atoms with Gasteiger partial charge in [0.15, 0.2) is 5.15 Å². The minimum atomic E-state index is -2.33. The van der Waals surface area contributed by atoms with Crippen LogP contribution in [0.4, 0.5) is 11.4 Å². The fraction of sp³-hybridized carbons (Fsp3) is 0.0800. The topological polar surface area (TPSA) is 96.1 Å². The Morgan fingerprint density at radius 2 is 0.841 bits per heavy atom. The second-order valence-electron chi connectivity index (χ2n) is 13.5. The smallest absolute Gasteiger partial charge is 0.155 e. The summed E-state index contributed by atoms with van der Waals surface area (Å²) < 4.78 is 12.1. The second kappa shape index (κ2) is 25.8. The molecule has 0 saturated carbocycles. The van der Waals surface area contributed by atoms with E-state index in [2.05, 4.69) is 206 Å². The van der Waals surface area contributed by atoms with E-state index >= 15 is 0 Å². The first-order chi connectivity index (χ1) is 30.9. The molecule has 1 aliphatic heterocycles. The Labute approximate surface area is 408 Å². The summed E-state index contributed by atoms with van der Waals surface area (Å²) in [5, 5.41) is 11.8. The van der Waals surface area contributed by atoms with E-state index in [1.807, 2.05) is 46.9 Å². The molecule has 9 rings (SSSR count). The van der Waals surface area contributed by atoms with Crippen LogP contribution in [0.15, 0.2) is 216 Å². The molecule has 1 fully saturated rings. The molecule has 8 aromatic rings. The molecule has 316 valence electrons. The summed E-state index contributed by atoms with van der Waals surface area (Å²) in [4.78, 5) is 10.7. The number of azide groups is 1. The van der Waals surface area contributed by atoms with E-state index in [1.165, 1.54) is 44.7 Å². The molecule has 3 heterocycles. The van der Waals surface area contributed by atoms with Crippen molar-refractivity contribution in [1.82, 2.24) is 9.97 Å². The minimum absolute atomic E-state index is 0.231. The third-order valence-corrected chi connectivity index (χ3v) is 17.7. The van der Waals surface area contributed by atoms with Gasteiger partial charge in [0, 0.05) is 53.6 Å². The fourth-order valence-electron chi connectivity index (χ4n) is 6.43. The molecule has 0 bridgehead atoms. The van der Waals surface area contributed by atoms with Crippen LogP contribution in [0.3, 0.4) is 0 Å². The zero-order chi connectivity index (χ0) is 44.1.